The van der Waals surface area contributed by atoms with Gasteiger partial charge in [-0.15, -0.1) is 11.3 Å². The molecule has 0 aliphatic carbocycles. The van der Waals surface area contributed by atoms with E-state index in [9.17, 15) is 9.59 Å². The molecule has 5 nitrogen and oxygen atoms in total. The molecule has 1 aromatic carbocycles. The number of pyridine rings is 1. The van der Waals surface area contributed by atoms with Crippen molar-refractivity contribution in [1.82, 2.24) is 10.3 Å². The molecule has 3 heterocycles. The molecule has 1 aliphatic heterocycles. The number of halogens is 1. The molecule has 0 fully saturated rings. The van der Waals surface area contributed by atoms with E-state index in [4.69, 9.17) is 4.74 Å². The van der Waals surface area contributed by atoms with Crippen LogP contribution in [0.5, 0.6) is 0 Å². The number of rotatable bonds is 5. The zero-order valence-electron chi connectivity index (χ0n) is 17.4. The number of allylic oxidation sites excluding steroid dienone is 3. The first kappa shape index (κ1) is 21.5. The monoisotopic (exact) mass is 496 g/mol. The summed E-state index contributed by atoms with van der Waals surface area (Å²) in [6.45, 7) is 5.37. The van der Waals surface area contributed by atoms with E-state index < -0.39 is 11.9 Å². The van der Waals surface area contributed by atoms with E-state index in [1.165, 1.54) is 6.92 Å². The first-order chi connectivity index (χ1) is 14.9. The normalized spacial score (nSPS) is 16.5. The smallest absolute Gasteiger partial charge is 0.337 e. The molecule has 0 bridgehead atoms. The summed E-state index contributed by atoms with van der Waals surface area (Å²) in [4.78, 5) is 30.0. The van der Waals surface area contributed by atoms with Gasteiger partial charge < -0.3 is 10.1 Å². The van der Waals surface area contributed by atoms with Crippen LogP contribution in [0.15, 0.2) is 75.1 Å². The van der Waals surface area contributed by atoms with Crippen LogP contribution < -0.4 is 5.32 Å². The molecule has 31 heavy (non-hydrogen) atoms. The summed E-state index contributed by atoms with van der Waals surface area (Å²) in [6, 6.07) is 9.63. The Bertz CT molecular complexity index is 1240. The molecular weight excluding hydrogens is 476 g/mol. The highest BCUT2D eigenvalue weighted by molar-refractivity contribution is 9.10. The maximum Gasteiger partial charge on any atom is 0.337 e. The lowest BCUT2D eigenvalue weighted by Gasteiger charge is -2.30. The third kappa shape index (κ3) is 4.07. The van der Waals surface area contributed by atoms with Crippen molar-refractivity contribution >= 4 is 49.1 Å². The van der Waals surface area contributed by atoms with Gasteiger partial charge in [0.05, 0.1) is 5.57 Å². The molecule has 1 aliphatic rings. The molecule has 0 spiro atoms. The highest BCUT2D eigenvalue weighted by Crippen LogP contribution is 2.45. The number of fused-ring (bicyclic) bond motifs is 1. The summed E-state index contributed by atoms with van der Waals surface area (Å²) in [7, 11) is 0. The summed E-state index contributed by atoms with van der Waals surface area (Å²) >= 11 is 5.20. The zero-order valence-corrected chi connectivity index (χ0v) is 19.8. The quantitative estimate of drug-likeness (QED) is 0.463. The van der Waals surface area contributed by atoms with Gasteiger partial charge in [-0.2, -0.15) is 0 Å². The Labute approximate surface area is 193 Å². The van der Waals surface area contributed by atoms with Crippen LogP contribution in [0.2, 0.25) is 0 Å². The molecule has 1 unspecified atom stereocenters. The van der Waals surface area contributed by atoms with Crippen LogP contribution in [0.4, 0.5) is 0 Å². The molecule has 2 aromatic heterocycles. The predicted octanol–water partition coefficient (Wildman–Crippen LogP) is 5.63. The largest absolute Gasteiger partial charge is 0.457 e. The maximum absolute atomic E-state index is 13.3. The number of benzene rings is 1. The maximum atomic E-state index is 13.3. The number of dihydropyridines is 1. The Morgan fingerprint density at radius 2 is 1.94 bits per heavy atom. The van der Waals surface area contributed by atoms with Crippen LogP contribution in [-0.2, 0) is 20.9 Å². The molecule has 1 N–H and O–H groups in total. The number of nitrogens with zero attached hydrogens (tertiary/aromatic N) is 1. The number of ether oxygens (including phenoxy) is 1. The van der Waals surface area contributed by atoms with Gasteiger partial charge in [0.15, 0.2) is 5.78 Å². The fourth-order valence-electron chi connectivity index (χ4n) is 4.02. The highest BCUT2D eigenvalue weighted by Gasteiger charge is 2.37. The van der Waals surface area contributed by atoms with Crippen molar-refractivity contribution in [2.45, 2.75) is 33.3 Å². The minimum absolute atomic E-state index is 0.0746. The van der Waals surface area contributed by atoms with Crippen LogP contribution >= 0.6 is 27.3 Å². The summed E-state index contributed by atoms with van der Waals surface area (Å²) in [5, 5.41) is 6.26. The minimum Gasteiger partial charge on any atom is -0.457 e. The van der Waals surface area contributed by atoms with Gasteiger partial charge in [0.1, 0.15) is 6.61 Å². The van der Waals surface area contributed by atoms with Crippen molar-refractivity contribution in [2.75, 3.05) is 0 Å². The zero-order chi connectivity index (χ0) is 22.1. The summed E-state index contributed by atoms with van der Waals surface area (Å²) in [6.07, 6.45) is 3.34. The molecule has 4 rings (SSSR count). The van der Waals surface area contributed by atoms with Gasteiger partial charge in [-0.05, 0) is 65.2 Å². The summed E-state index contributed by atoms with van der Waals surface area (Å²) in [5.74, 6) is -1.02. The number of Topliss-reactive ketones (excluding diaryl/α,β-unsaturated/α-hetero) is 1. The van der Waals surface area contributed by atoms with E-state index in [0.717, 1.165) is 31.4 Å². The molecular formula is C24H21BrN2O3S. The van der Waals surface area contributed by atoms with E-state index in [-0.39, 0.29) is 12.4 Å². The molecule has 0 amide bonds. The van der Waals surface area contributed by atoms with Gasteiger partial charge in [-0.3, -0.25) is 9.78 Å². The average molecular weight is 497 g/mol. The predicted molar refractivity (Wildman–Crippen MR) is 126 cm³/mol. The number of aromatic nitrogens is 1. The standard InChI is InChI=1S/C24H21BrN2O3S/c1-13-20(15(3)28)22(18-12-31-23-17(18)7-4-8-19(23)25)21(14(2)27-13)24(29)30-11-16-6-5-9-26-10-16/h4-10,12,22,27H,11H2,1-3H3. The molecule has 0 saturated carbocycles. The van der Waals surface area contributed by atoms with Crippen LogP contribution in [0.25, 0.3) is 10.1 Å². The Kier molecular flexibility index (Phi) is 6.07. The third-order valence-electron chi connectivity index (χ3n) is 5.35. The van der Waals surface area contributed by atoms with Crippen LogP contribution in [0, 0.1) is 0 Å². The molecule has 3 aromatic rings. The second-order valence-electron chi connectivity index (χ2n) is 7.44. The van der Waals surface area contributed by atoms with Crippen molar-refractivity contribution in [3.8, 4) is 0 Å². The van der Waals surface area contributed by atoms with Gasteiger partial charge >= 0.3 is 5.97 Å². The molecule has 0 saturated heterocycles. The lowest BCUT2D eigenvalue weighted by molar-refractivity contribution is -0.140. The van der Waals surface area contributed by atoms with Crippen molar-refractivity contribution < 1.29 is 14.3 Å². The van der Waals surface area contributed by atoms with E-state index in [2.05, 4.69) is 26.2 Å². The van der Waals surface area contributed by atoms with Crippen molar-refractivity contribution in [1.29, 1.82) is 0 Å². The molecule has 0 radical (unpaired) electrons. The number of esters is 1. The molecule has 7 heteroatoms. The van der Waals surface area contributed by atoms with Gasteiger partial charge in [-0.1, -0.05) is 18.2 Å². The molecule has 1 atom stereocenters. The van der Waals surface area contributed by atoms with Gasteiger partial charge in [0.25, 0.3) is 0 Å². The Morgan fingerprint density at radius 3 is 2.65 bits per heavy atom. The Balaban J connectivity index is 1.80. The number of thiophene rings is 1. The number of hydrogen-bond donors (Lipinski definition) is 1. The van der Waals surface area contributed by atoms with E-state index in [0.29, 0.717) is 16.8 Å². The summed E-state index contributed by atoms with van der Waals surface area (Å²) < 4.78 is 7.72. The fourth-order valence-corrected chi connectivity index (χ4v) is 5.67. The average Bonchev–Trinajstić information content (AvgIpc) is 3.17. The second-order valence-corrected chi connectivity index (χ2v) is 9.17. The minimum atomic E-state index is -0.497. The third-order valence-corrected chi connectivity index (χ3v) is 7.32. The first-order valence-electron chi connectivity index (χ1n) is 9.79. The number of hydrogen-bond acceptors (Lipinski definition) is 6. The van der Waals surface area contributed by atoms with Gasteiger partial charge in [0, 0.05) is 50.0 Å². The van der Waals surface area contributed by atoms with Crippen LogP contribution in [0.3, 0.4) is 0 Å². The van der Waals surface area contributed by atoms with Crippen LogP contribution in [-0.4, -0.2) is 16.7 Å². The van der Waals surface area contributed by atoms with E-state index in [1.54, 1.807) is 29.8 Å². The lowest BCUT2D eigenvalue weighted by Crippen LogP contribution is -2.31. The SMILES string of the molecule is CC(=O)C1=C(C)NC(C)=C(C(=O)OCc2cccnc2)C1c1csc2c(Br)cccc12. The van der Waals surface area contributed by atoms with Crippen LogP contribution in [0.1, 0.15) is 37.8 Å². The molecule has 158 valence electrons. The van der Waals surface area contributed by atoms with E-state index >= 15 is 0 Å². The number of carbonyl (C=O) groups is 2. The van der Waals surface area contributed by atoms with Gasteiger partial charge in [0.2, 0.25) is 0 Å². The Morgan fingerprint density at radius 1 is 1.16 bits per heavy atom. The first-order valence-corrected chi connectivity index (χ1v) is 11.5. The highest BCUT2D eigenvalue weighted by atomic mass is 79.9. The second kappa shape index (κ2) is 8.77. The fraction of sp³-hybridized carbons (Fsp3) is 0.208. The lowest BCUT2D eigenvalue weighted by atomic mass is 9.79. The van der Waals surface area contributed by atoms with Gasteiger partial charge in [-0.25, -0.2) is 4.79 Å². The van der Waals surface area contributed by atoms with Crippen molar-refractivity contribution in [2.24, 2.45) is 0 Å². The topological polar surface area (TPSA) is 68.3 Å². The number of nitrogens with one attached hydrogen (secondary N) is 1. The number of carbonyl (C=O) groups excluding carboxylic acids is 2. The van der Waals surface area contributed by atoms with Crippen molar-refractivity contribution in [3.05, 3.63) is 86.2 Å². The Hall–Kier alpha value is -2.77. The number of ketones is 1. The summed E-state index contributed by atoms with van der Waals surface area (Å²) in [5.41, 5.74) is 4.22. The van der Waals surface area contributed by atoms with Crippen molar-refractivity contribution in [3.63, 3.8) is 0 Å². The van der Waals surface area contributed by atoms with E-state index in [1.807, 2.05) is 43.5 Å².